The molecule has 0 saturated heterocycles. The number of aromatic hydroxyl groups is 2. The maximum absolute atomic E-state index is 9.82. The van der Waals surface area contributed by atoms with Gasteiger partial charge >= 0.3 is 0 Å². The summed E-state index contributed by atoms with van der Waals surface area (Å²) in [5, 5.41) is 23.0. The summed E-state index contributed by atoms with van der Waals surface area (Å²) in [7, 11) is 1.65. The molecule has 0 heterocycles. The summed E-state index contributed by atoms with van der Waals surface area (Å²) < 4.78 is 5.12. The standard InChI is InChI=1S/C17H21NO3/c1-12(17-15(19)4-3-5-16(17)20)18-11-10-13-6-8-14(21-2)9-7-13/h3-9,12,18-20H,10-11H2,1-2H3. The number of methoxy groups -OCH3 is 1. The molecule has 21 heavy (non-hydrogen) atoms. The monoisotopic (exact) mass is 287 g/mol. The Morgan fingerprint density at radius 2 is 1.67 bits per heavy atom. The van der Waals surface area contributed by atoms with Crippen LogP contribution in [0.15, 0.2) is 42.5 Å². The average molecular weight is 287 g/mol. The average Bonchev–Trinajstić information content (AvgIpc) is 2.48. The van der Waals surface area contributed by atoms with Crippen LogP contribution in [0.5, 0.6) is 17.2 Å². The molecular weight excluding hydrogens is 266 g/mol. The van der Waals surface area contributed by atoms with E-state index in [1.807, 2.05) is 31.2 Å². The Morgan fingerprint density at radius 1 is 1.05 bits per heavy atom. The number of benzene rings is 2. The first-order valence-corrected chi connectivity index (χ1v) is 6.99. The topological polar surface area (TPSA) is 61.7 Å². The van der Waals surface area contributed by atoms with Crippen molar-refractivity contribution in [2.24, 2.45) is 0 Å². The summed E-state index contributed by atoms with van der Waals surface area (Å²) in [6.45, 7) is 2.67. The lowest BCUT2D eigenvalue weighted by molar-refractivity contribution is 0.414. The van der Waals surface area contributed by atoms with E-state index in [-0.39, 0.29) is 17.5 Å². The van der Waals surface area contributed by atoms with Gasteiger partial charge in [-0.3, -0.25) is 0 Å². The molecule has 0 aromatic heterocycles. The largest absolute Gasteiger partial charge is 0.507 e. The van der Waals surface area contributed by atoms with Crippen molar-refractivity contribution >= 4 is 0 Å². The summed E-state index contributed by atoms with van der Waals surface area (Å²) in [4.78, 5) is 0. The molecule has 2 aromatic rings. The van der Waals surface area contributed by atoms with Crippen LogP contribution in [0.2, 0.25) is 0 Å². The highest BCUT2D eigenvalue weighted by Gasteiger charge is 2.14. The van der Waals surface area contributed by atoms with Crippen LogP contribution in [0.3, 0.4) is 0 Å². The van der Waals surface area contributed by atoms with Crippen LogP contribution in [0.4, 0.5) is 0 Å². The molecule has 4 heteroatoms. The van der Waals surface area contributed by atoms with Crippen molar-refractivity contribution in [2.75, 3.05) is 13.7 Å². The van der Waals surface area contributed by atoms with Gasteiger partial charge in [0.1, 0.15) is 17.2 Å². The fourth-order valence-corrected chi connectivity index (χ4v) is 2.31. The molecule has 0 aliphatic heterocycles. The van der Waals surface area contributed by atoms with Crippen LogP contribution < -0.4 is 10.1 Å². The molecule has 0 bridgehead atoms. The minimum absolute atomic E-state index is 0.111. The zero-order valence-corrected chi connectivity index (χ0v) is 12.3. The number of phenolic OH excluding ortho intramolecular Hbond substituents is 2. The molecule has 0 aliphatic carbocycles. The van der Waals surface area contributed by atoms with Crippen LogP contribution in [0.25, 0.3) is 0 Å². The third-order valence-corrected chi connectivity index (χ3v) is 3.52. The number of rotatable bonds is 6. The predicted molar refractivity (Wildman–Crippen MR) is 82.9 cm³/mol. The molecule has 1 unspecified atom stereocenters. The molecule has 3 N–H and O–H groups in total. The van der Waals surface area contributed by atoms with Gasteiger partial charge in [-0.1, -0.05) is 18.2 Å². The summed E-state index contributed by atoms with van der Waals surface area (Å²) >= 11 is 0. The highest BCUT2D eigenvalue weighted by molar-refractivity contribution is 5.44. The van der Waals surface area contributed by atoms with Gasteiger partial charge in [-0.15, -0.1) is 0 Å². The van der Waals surface area contributed by atoms with Crippen molar-refractivity contribution < 1.29 is 14.9 Å². The number of phenols is 2. The summed E-state index contributed by atoms with van der Waals surface area (Å²) in [6, 6.07) is 12.6. The van der Waals surface area contributed by atoms with Gasteiger partial charge in [0, 0.05) is 6.04 Å². The van der Waals surface area contributed by atoms with Gasteiger partial charge in [0.15, 0.2) is 0 Å². The van der Waals surface area contributed by atoms with E-state index in [0.717, 1.165) is 18.7 Å². The van der Waals surface area contributed by atoms with Crippen molar-refractivity contribution in [1.29, 1.82) is 0 Å². The molecule has 4 nitrogen and oxygen atoms in total. The number of nitrogens with one attached hydrogen (secondary N) is 1. The third kappa shape index (κ3) is 3.89. The second kappa shape index (κ2) is 6.99. The normalized spacial score (nSPS) is 12.1. The first-order chi connectivity index (χ1) is 10.1. The lowest BCUT2D eigenvalue weighted by Crippen LogP contribution is -2.21. The Balaban J connectivity index is 1.90. The zero-order valence-electron chi connectivity index (χ0n) is 12.3. The Hall–Kier alpha value is -2.20. The van der Waals surface area contributed by atoms with Gasteiger partial charge < -0.3 is 20.3 Å². The molecule has 112 valence electrons. The molecule has 0 amide bonds. The summed E-state index contributed by atoms with van der Waals surface area (Å²) in [5.74, 6) is 1.07. The number of hydrogen-bond donors (Lipinski definition) is 3. The Labute approximate surface area is 125 Å². The van der Waals surface area contributed by atoms with Gasteiger partial charge in [-0.25, -0.2) is 0 Å². The van der Waals surface area contributed by atoms with Crippen LogP contribution in [-0.4, -0.2) is 23.9 Å². The predicted octanol–water partition coefficient (Wildman–Crippen LogP) is 3.00. The highest BCUT2D eigenvalue weighted by Crippen LogP contribution is 2.31. The Morgan fingerprint density at radius 3 is 2.24 bits per heavy atom. The first kappa shape index (κ1) is 15.2. The lowest BCUT2D eigenvalue weighted by atomic mass is 10.1. The summed E-state index contributed by atoms with van der Waals surface area (Å²) in [5.41, 5.74) is 1.74. The van der Waals surface area contributed by atoms with Gasteiger partial charge in [0.25, 0.3) is 0 Å². The van der Waals surface area contributed by atoms with E-state index in [4.69, 9.17) is 4.74 Å². The molecule has 0 radical (unpaired) electrons. The van der Waals surface area contributed by atoms with Crippen molar-refractivity contribution in [2.45, 2.75) is 19.4 Å². The van der Waals surface area contributed by atoms with Crippen molar-refractivity contribution in [3.05, 3.63) is 53.6 Å². The Bertz CT molecular complexity index is 561. The molecule has 2 aromatic carbocycles. The molecule has 0 spiro atoms. The van der Waals surface area contributed by atoms with E-state index in [1.165, 1.54) is 5.56 Å². The SMILES string of the molecule is COc1ccc(CCNC(C)c2c(O)cccc2O)cc1. The van der Waals surface area contributed by atoms with E-state index < -0.39 is 0 Å². The van der Waals surface area contributed by atoms with Gasteiger partial charge in [-0.05, 0) is 49.7 Å². The fourth-order valence-electron chi connectivity index (χ4n) is 2.31. The fraction of sp³-hybridized carbons (Fsp3) is 0.294. The zero-order chi connectivity index (χ0) is 15.2. The maximum Gasteiger partial charge on any atom is 0.124 e. The third-order valence-electron chi connectivity index (χ3n) is 3.52. The van der Waals surface area contributed by atoms with E-state index in [2.05, 4.69) is 5.32 Å². The smallest absolute Gasteiger partial charge is 0.124 e. The minimum atomic E-state index is -0.121. The molecule has 2 rings (SSSR count). The minimum Gasteiger partial charge on any atom is -0.507 e. The molecule has 0 fully saturated rings. The van der Waals surface area contributed by atoms with Crippen LogP contribution in [0.1, 0.15) is 24.1 Å². The molecule has 0 saturated carbocycles. The first-order valence-electron chi connectivity index (χ1n) is 6.99. The molecule has 1 atom stereocenters. The van der Waals surface area contributed by atoms with Crippen LogP contribution >= 0.6 is 0 Å². The molecular formula is C17H21NO3. The van der Waals surface area contributed by atoms with Crippen molar-refractivity contribution in [1.82, 2.24) is 5.32 Å². The number of ether oxygens (including phenoxy) is 1. The van der Waals surface area contributed by atoms with Gasteiger partial charge in [0.05, 0.1) is 12.7 Å². The van der Waals surface area contributed by atoms with E-state index in [1.54, 1.807) is 25.3 Å². The Kier molecular flexibility index (Phi) is 5.06. The quantitative estimate of drug-likeness (QED) is 0.764. The van der Waals surface area contributed by atoms with E-state index in [9.17, 15) is 10.2 Å². The lowest BCUT2D eigenvalue weighted by Gasteiger charge is -2.17. The van der Waals surface area contributed by atoms with Crippen LogP contribution in [-0.2, 0) is 6.42 Å². The van der Waals surface area contributed by atoms with Crippen molar-refractivity contribution in [3.63, 3.8) is 0 Å². The summed E-state index contributed by atoms with van der Waals surface area (Å²) in [6.07, 6.45) is 0.864. The second-order valence-electron chi connectivity index (χ2n) is 4.98. The highest BCUT2D eigenvalue weighted by atomic mass is 16.5. The maximum atomic E-state index is 9.82. The van der Waals surface area contributed by atoms with Gasteiger partial charge in [-0.2, -0.15) is 0 Å². The number of hydrogen-bond acceptors (Lipinski definition) is 4. The van der Waals surface area contributed by atoms with Crippen LogP contribution in [0, 0.1) is 0 Å². The van der Waals surface area contributed by atoms with E-state index in [0.29, 0.717) is 5.56 Å². The van der Waals surface area contributed by atoms with Gasteiger partial charge in [0.2, 0.25) is 0 Å². The molecule has 0 aliphatic rings. The van der Waals surface area contributed by atoms with Crippen molar-refractivity contribution in [3.8, 4) is 17.2 Å². The second-order valence-corrected chi connectivity index (χ2v) is 4.98. The van der Waals surface area contributed by atoms with E-state index >= 15 is 0 Å².